The van der Waals surface area contributed by atoms with Gasteiger partial charge in [-0.3, -0.25) is 4.79 Å². The highest BCUT2D eigenvalue weighted by molar-refractivity contribution is 5.96. The standard InChI is InChI=1S/C18H14FNO4/c1-23-16-7-6-11(8-14(16)19)10-20-17(21)13-9-12-4-2-3-5-15(12)24-18(13)22/h2-9H,10H2,1H3,(H,20,21). The van der Waals surface area contributed by atoms with Crippen molar-refractivity contribution < 1.29 is 18.3 Å². The monoisotopic (exact) mass is 327 g/mol. The van der Waals surface area contributed by atoms with Crippen molar-refractivity contribution in [1.82, 2.24) is 5.32 Å². The Morgan fingerprint density at radius 1 is 1.21 bits per heavy atom. The number of nitrogens with one attached hydrogen (secondary N) is 1. The SMILES string of the molecule is COc1ccc(CNC(=O)c2cc3ccccc3oc2=O)cc1F. The fourth-order valence-electron chi connectivity index (χ4n) is 2.32. The van der Waals surface area contributed by atoms with Gasteiger partial charge in [-0.2, -0.15) is 0 Å². The maximum atomic E-state index is 13.6. The topological polar surface area (TPSA) is 68.5 Å². The first-order valence-corrected chi connectivity index (χ1v) is 7.22. The van der Waals surface area contributed by atoms with E-state index in [2.05, 4.69) is 5.32 Å². The molecule has 0 atom stereocenters. The summed E-state index contributed by atoms with van der Waals surface area (Å²) in [6.07, 6.45) is 0. The van der Waals surface area contributed by atoms with Gasteiger partial charge in [0.2, 0.25) is 0 Å². The smallest absolute Gasteiger partial charge is 0.349 e. The lowest BCUT2D eigenvalue weighted by Gasteiger charge is -2.07. The summed E-state index contributed by atoms with van der Waals surface area (Å²) in [5.74, 6) is -0.972. The number of methoxy groups -OCH3 is 1. The van der Waals surface area contributed by atoms with Crippen molar-refractivity contribution in [3.05, 3.63) is 75.9 Å². The number of fused-ring (bicyclic) bond motifs is 1. The molecule has 3 rings (SSSR count). The van der Waals surface area contributed by atoms with E-state index < -0.39 is 17.3 Å². The van der Waals surface area contributed by atoms with Crippen LogP contribution in [-0.2, 0) is 6.54 Å². The van der Waals surface area contributed by atoms with Crippen LogP contribution in [0.3, 0.4) is 0 Å². The number of para-hydroxylation sites is 1. The molecule has 0 spiro atoms. The minimum atomic E-state index is -0.716. The number of hydrogen-bond donors (Lipinski definition) is 1. The molecule has 0 radical (unpaired) electrons. The minimum Gasteiger partial charge on any atom is -0.494 e. The van der Waals surface area contributed by atoms with Gasteiger partial charge in [-0.05, 0) is 29.8 Å². The zero-order valence-corrected chi connectivity index (χ0v) is 12.8. The van der Waals surface area contributed by atoms with Crippen LogP contribution in [0.5, 0.6) is 5.75 Å². The molecule has 0 aliphatic rings. The molecule has 0 aliphatic heterocycles. The van der Waals surface area contributed by atoms with Crippen LogP contribution in [0.25, 0.3) is 11.0 Å². The number of halogens is 1. The van der Waals surface area contributed by atoms with Gasteiger partial charge in [-0.15, -0.1) is 0 Å². The van der Waals surface area contributed by atoms with Gasteiger partial charge in [0.25, 0.3) is 5.91 Å². The summed E-state index contributed by atoms with van der Waals surface area (Å²) in [7, 11) is 1.37. The number of benzene rings is 2. The highest BCUT2D eigenvalue weighted by Gasteiger charge is 2.13. The van der Waals surface area contributed by atoms with Crippen molar-refractivity contribution in [2.45, 2.75) is 6.54 Å². The maximum absolute atomic E-state index is 13.6. The molecule has 24 heavy (non-hydrogen) atoms. The van der Waals surface area contributed by atoms with Gasteiger partial charge in [-0.25, -0.2) is 9.18 Å². The van der Waals surface area contributed by atoms with Crippen LogP contribution in [0.2, 0.25) is 0 Å². The number of rotatable bonds is 4. The summed E-state index contributed by atoms with van der Waals surface area (Å²) >= 11 is 0. The van der Waals surface area contributed by atoms with Crippen molar-refractivity contribution >= 4 is 16.9 Å². The second-order valence-corrected chi connectivity index (χ2v) is 5.14. The normalized spacial score (nSPS) is 10.6. The molecule has 0 saturated carbocycles. The summed E-state index contributed by atoms with van der Waals surface area (Å²) in [5, 5.41) is 3.23. The van der Waals surface area contributed by atoms with Gasteiger partial charge in [0.05, 0.1) is 7.11 Å². The van der Waals surface area contributed by atoms with Gasteiger partial charge >= 0.3 is 5.63 Å². The van der Waals surface area contributed by atoms with E-state index in [-0.39, 0.29) is 17.9 Å². The molecule has 2 aromatic carbocycles. The molecule has 0 bridgehead atoms. The predicted molar refractivity (Wildman–Crippen MR) is 86.6 cm³/mol. The molecule has 1 heterocycles. The van der Waals surface area contributed by atoms with Crippen molar-refractivity contribution in [2.24, 2.45) is 0 Å². The second kappa shape index (κ2) is 6.54. The van der Waals surface area contributed by atoms with E-state index in [4.69, 9.17) is 9.15 Å². The maximum Gasteiger partial charge on any atom is 0.349 e. The Morgan fingerprint density at radius 3 is 2.75 bits per heavy atom. The zero-order valence-electron chi connectivity index (χ0n) is 12.8. The molecule has 1 aromatic heterocycles. The molecular weight excluding hydrogens is 313 g/mol. The number of carbonyl (C=O) groups excluding carboxylic acids is 1. The lowest BCUT2D eigenvalue weighted by Crippen LogP contribution is -2.27. The molecule has 3 aromatic rings. The molecule has 5 nitrogen and oxygen atoms in total. The summed E-state index contributed by atoms with van der Waals surface area (Å²) in [6.45, 7) is 0.0754. The second-order valence-electron chi connectivity index (χ2n) is 5.14. The lowest BCUT2D eigenvalue weighted by molar-refractivity contribution is 0.0947. The molecule has 0 fully saturated rings. The summed E-state index contributed by atoms with van der Waals surface area (Å²) < 4.78 is 23.6. The van der Waals surface area contributed by atoms with Crippen molar-refractivity contribution in [2.75, 3.05) is 7.11 Å². The van der Waals surface area contributed by atoms with E-state index in [0.29, 0.717) is 16.5 Å². The highest BCUT2D eigenvalue weighted by atomic mass is 19.1. The van der Waals surface area contributed by atoms with E-state index in [0.717, 1.165) is 0 Å². The van der Waals surface area contributed by atoms with E-state index in [1.165, 1.54) is 25.3 Å². The van der Waals surface area contributed by atoms with E-state index in [1.54, 1.807) is 30.3 Å². The van der Waals surface area contributed by atoms with Crippen LogP contribution in [0, 0.1) is 5.82 Å². The van der Waals surface area contributed by atoms with Crippen LogP contribution in [0.15, 0.2) is 57.7 Å². The molecule has 0 saturated heterocycles. The van der Waals surface area contributed by atoms with Crippen molar-refractivity contribution in [1.29, 1.82) is 0 Å². The third kappa shape index (κ3) is 3.12. The average Bonchev–Trinajstić information content (AvgIpc) is 2.59. The van der Waals surface area contributed by atoms with Crippen molar-refractivity contribution in [3.8, 4) is 5.75 Å². The van der Waals surface area contributed by atoms with E-state index >= 15 is 0 Å². The van der Waals surface area contributed by atoms with Crippen LogP contribution in [0.4, 0.5) is 4.39 Å². The lowest BCUT2D eigenvalue weighted by atomic mass is 10.1. The minimum absolute atomic E-state index is 0.0754. The Hall–Kier alpha value is -3.15. The van der Waals surface area contributed by atoms with Gasteiger partial charge in [0.1, 0.15) is 11.1 Å². The first-order valence-electron chi connectivity index (χ1n) is 7.22. The molecule has 1 amide bonds. The summed E-state index contributed by atoms with van der Waals surface area (Å²) in [4.78, 5) is 24.1. The van der Waals surface area contributed by atoms with Crippen LogP contribution < -0.4 is 15.7 Å². The fraction of sp³-hybridized carbons (Fsp3) is 0.111. The number of ether oxygens (including phenoxy) is 1. The molecule has 0 unspecified atom stereocenters. The van der Waals surface area contributed by atoms with Crippen LogP contribution in [0.1, 0.15) is 15.9 Å². The highest BCUT2D eigenvalue weighted by Crippen LogP contribution is 2.17. The number of amides is 1. The molecular formula is C18H14FNO4. The largest absolute Gasteiger partial charge is 0.494 e. The first-order chi connectivity index (χ1) is 11.6. The van der Waals surface area contributed by atoms with Crippen LogP contribution >= 0.6 is 0 Å². The Kier molecular flexibility index (Phi) is 4.29. The molecule has 1 N–H and O–H groups in total. The number of carbonyl (C=O) groups is 1. The van der Waals surface area contributed by atoms with Crippen LogP contribution in [-0.4, -0.2) is 13.0 Å². The van der Waals surface area contributed by atoms with E-state index in [1.807, 2.05) is 0 Å². The van der Waals surface area contributed by atoms with E-state index in [9.17, 15) is 14.0 Å². The molecule has 0 aliphatic carbocycles. The summed E-state index contributed by atoms with van der Waals surface area (Å²) in [6, 6.07) is 12.8. The van der Waals surface area contributed by atoms with Gasteiger partial charge < -0.3 is 14.5 Å². The number of hydrogen-bond acceptors (Lipinski definition) is 4. The van der Waals surface area contributed by atoms with Crippen molar-refractivity contribution in [3.63, 3.8) is 0 Å². The molecule has 122 valence electrons. The quantitative estimate of drug-likeness (QED) is 0.748. The molecule has 6 heteroatoms. The third-order valence-corrected chi connectivity index (χ3v) is 3.56. The Morgan fingerprint density at radius 2 is 2.00 bits per heavy atom. The van der Waals surface area contributed by atoms with Gasteiger partial charge in [-0.1, -0.05) is 24.3 Å². The first kappa shape index (κ1) is 15.7. The van der Waals surface area contributed by atoms with Gasteiger partial charge in [0.15, 0.2) is 11.6 Å². The fourth-order valence-corrected chi connectivity index (χ4v) is 2.32. The zero-order chi connectivity index (χ0) is 17.1. The van der Waals surface area contributed by atoms with Gasteiger partial charge in [0, 0.05) is 11.9 Å². The average molecular weight is 327 g/mol. The Balaban J connectivity index is 1.79. The predicted octanol–water partition coefficient (Wildman–Crippen LogP) is 2.87. The Labute approximate surface area is 136 Å². The Bertz CT molecular complexity index is 965. The third-order valence-electron chi connectivity index (χ3n) is 3.56. The summed E-state index contributed by atoms with van der Waals surface area (Å²) in [5.41, 5.74) is 0.151.